The third-order valence-electron chi connectivity index (χ3n) is 2.41. The van der Waals surface area contributed by atoms with E-state index in [1.807, 2.05) is 0 Å². The molecule has 0 saturated carbocycles. The van der Waals surface area contributed by atoms with Gasteiger partial charge in [-0.15, -0.1) is 0 Å². The first-order valence-corrected chi connectivity index (χ1v) is 5.59. The molecule has 20 heavy (non-hydrogen) atoms. The molecule has 0 unspecified atom stereocenters. The van der Waals surface area contributed by atoms with E-state index in [4.69, 9.17) is 10.5 Å². The molecule has 8 heteroatoms. The van der Waals surface area contributed by atoms with Gasteiger partial charge in [0, 0.05) is 6.07 Å². The molecule has 0 aliphatic rings. The quantitative estimate of drug-likeness (QED) is 0.466. The number of hydrogen-bond acceptors (Lipinski definition) is 6. The van der Waals surface area contributed by atoms with E-state index in [1.165, 1.54) is 18.2 Å². The van der Waals surface area contributed by atoms with E-state index in [9.17, 15) is 14.9 Å². The number of carbonyl (C=O) groups is 1. The van der Waals surface area contributed by atoms with Crippen molar-refractivity contribution in [2.45, 2.75) is 0 Å². The molecule has 0 fully saturated rings. The Morgan fingerprint density at radius 1 is 1.30 bits per heavy atom. The van der Waals surface area contributed by atoms with Crippen LogP contribution in [0, 0.1) is 32.8 Å². The number of hydrogen-bond donors (Lipinski definition) is 1. The third kappa shape index (κ3) is 3.96. The number of nitro benzene ring substituents is 1. The Bertz CT molecular complexity index is 571. The van der Waals surface area contributed by atoms with Gasteiger partial charge in [0.25, 0.3) is 5.69 Å². The molecule has 0 atom stereocenters. The molecule has 0 radical (unpaired) electrons. The van der Waals surface area contributed by atoms with Crippen LogP contribution in [0.15, 0.2) is 24.3 Å². The molecule has 1 amide bonds. The van der Waals surface area contributed by atoms with Crippen molar-refractivity contribution >= 4 is 17.3 Å². The van der Waals surface area contributed by atoms with Crippen LogP contribution in [0.1, 0.15) is 0 Å². The predicted molar refractivity (Wildman–Crippen MR) is 69.4 cm³/mol. The van der Waals surface area contributed by atoms with Crippen LogP contribution in [0.2, 0.25) is 0 Å². The first-order chi connectivity index (χ1) is 9.60. The van der Waals surface area contributed by atoms with Crippen LogP contribution in [0.5, 0.6) is 0 Å². The number of rotatable bonds is 6. The number of amides is 1. The first-order valence-electron chi connectivity index (χ1n) is 5.59. The van der Waals surface area contributed by atoms with E-state index in [0.29, 0.717) is 0 Å². The van der Waals surface area contributed by atoms with Crippen molar-refractivity contribution in [3.05, 3.63) is 34.4 Å². The topological polar surface area (TPSA) is 123 Å². The Kier molecular flexibility index (Phi) is 5.48. The van der Waals surface area contributed by atoms with Crippen molar-refractivity contribution in [3.8, 4) is 12.1 Å². The molecule has 1 rings (SSSR count). The van der Waals surface area contributed by atoms with Gasteiger partial charge in [-0.2, -0.15) is 10.5 Å². The van der Waals surface area contributed by atoms with Crippen LogP contribution in [-0.2, 0) is 4.79 Å². The molecular formula is C12H11N5O3. The maximum absolute atomic E-state index is 11.8. The summed E-state index contributed by atoms with van der Waals surface area (Å²) < 4.78 is 0. The number of nitro groups is 1. The zero-order valence-electron chi connectivity index (χ0n) is 10.4. The minimum atomic E-state index is -0.560. The SMILES string of the molecule is N#CCN(CC#N)C(=O)CNc1ccccc1[N+](=O)[O-]. The summed E-state index contributed by atoms with van der Waals surface area (Å²) in [5.74, 6) is -0.480. The lowest BCUT2D eigenvalue weighted by molar-refractivity contribution is -0.383. The van der Waals surface area contributed by atoms with E-state index in [0.717, 1.165) is 4.90 Å². The molecule has 0 bridgehead atoms. The minimum absolute atomic E-state index is 0.146. The molecule has 1 aromatic rings. The average Bonchev–Trinajstić information content (AvgIpc) is 2.44. The highest BCUT2D eigenvalue weighted by atomic mass is 16.6. The Hall–Kier alpha value is -3.13. The van der Waals surface area contributed by atoms with E-state index >= 15 is 0 Å². The van der Waals surface area contributed by atoms with Crippen LogP contribution in [-0.4, -0.2) is 35.4 Å². The van der Waals surface area contributed by atoms with Gasteiger partial charge in [-0.05, 0) is 6.07 Å². The molecule has 1 N–H and O–H groups in total. The molecule has 0 aliphatic heterocycles. The average molecular weight is 273 g/mol. The van der Waals surface area contributed by atoms with E-state index in [2.05, 4.69) is 5.32 Å². The highest BCUT2D eigenvalue weighted by Gasteiger charge is 2.16. The third-order valence-corrected chi connectivity index (χ3v) is 2.41. The molecule has 8 nitrogen and oxygen atoms in total. The Morgan fingerprint density at radius 2 is 1.90 bits per heavy atom. The summed E-state index contributed by atoms with van der Waals surface area (Å²) in [6, 6.07) is 9.47. The highest BCUT2D eigenvalue weighted by molar-refractivity contribution is 5.82. The second kappa shape index (κ2) is 7.34. The fraction of sp³-hybridized carbons (Fsp3) is 0.250. The number of nitrogens with zero attached hydrogens (tertiary/aromatic N) is 4. The lowest BCUT2D eigenvalue weighted by atomic mass is 10.2. The summed E-state index contributed by atoms with van der Waals surface area (Å²) in [7, 11) is 0. The molecule has 0 aliphatic carbocycles. The van der Waals surface area contributed by atoms with Gasteiger partial charge >= 0.3 is 0 Å². The van der Waals surface area contributed by atoms with Gasteiger partial charge in [-0.25, -0.2) is 0 Å². The van der Waals surface area contributed by atoms with E-state index in [-0.39, 0.29) is 31.0 Å². The smallest absolute Gasteiger partial charge is 0.292 e. The van der Waals surface area contributed by atoms with Crippen molar-refractivity contribution in [1.82, 2.24) is 4.90 Å². The molecule has 102 valence electrons. The van der Waals surface area contributed by atoms with Crippen molar-refractivity contribution in [2.24, 2.45) is 0 Å². The molecule has 0 heterocycles. The maximum atomic E-state index is 11.8. The van der Waals surface area contributed by atoms with Crippen LogP contribution in [0.4, 0.5) is 11.4 Å². The van der Waals surface area contributed by atoms with Crippen LogP contribution in [0.25, 0.3) is 0 Å². The number of nitrogens with one attached hydrogen (secondary N) is 1. The lowest BCUT2D eigenvalue weighted by Crippen LogP contribution is -2.36. The summed E-state index contributed by atoms with van der Waals surface area (Å²) in [6.07, 6.45) is 0. The van der Waals surface area contributed by atoms with Crippen molar-refractivity contribution in [2.75, 3.05) is 25.0 Å². The van der Waals surface area contributed by atoms with Crippen LogP contribution < -0.4 is 5.32 Å². The lowest BCUT2D eigenvalue weighted by Gasteiger charge is -2.16. The van der Waals surface area contributed by atoms with E-state index < -0.39 is 10.8 Å². The van der Waals surface area contributed by atoms with Gasteiger partial charge in [0.1, 0.15) is 18.8 Å². The Labute approximate surface area is 115 Å². The standard InChI is InChI=1S/C12H11N5O3/c13-5-7-16(8-6-14)12(18)9-15-10-3-1-2-4-11(10)17(19)20/h1-4,15H,7-9H2. The summed E-state index contributed by atoms with van der Waals surface area (Å²) in [6.45, 7) is -0.635. The van der Waals surface area contributed by atoms with Crippen molar-refractivity contribution in [3.63, 3.8) is 0 Å². The second-order valence-electron chi connectivity index (χ2n) is 3.69. The van der Waals surface area contributed by atoms with Gasteiger partial charge < -0.3 is 10.2 Å². The van der Waals surface area contributed by atoms with Gasteiger partial charge in [0.2, 0.25) is 5.91 Å². The molecule has 1 aromatic carbocycles. The van der Waals surface area contributed by atoms with Crippen molar-refractivity contribution in [1.29, 1.82) is 10.5 Å². The fourth-order valence-electron chi connectivity index (χ4n) is 1.47. The van der Waals surface area contributed by atoms with Crippen molar-refractivity contribution < 1.29 is 9.72 Å². The summed E-state index contributed by atoms with van der Waals surface area (Å²) >= 11 is 0. The number of benzene rings is 1. The molecule has 0 aromatic heterocycles. The minimum Gasteiger partial charge on any atom is -0.371 e. The number of nitriles is 2. The van der Waals surface area contributed by atoms with Gasteiger partial charge in [0.15, 0.2) is 0 Å². The second-order valence-corrected chi connectivity index (χ2v) is 3.69. The summed E-state index contributed by atoms with van der Waals surface area (Å²) in [5, 5.41) is 30.5. The largest absolute Gasteiger partial charge is 0.371 e. The zero-order chi connectivity index (χ0) is 15.0. The predicted octanol–water partition coefficient (Wildman–Crippen LogP) is 0.882. The van der Waals surface area contributed by atoms with E-state index in [1.54, 1.807) is 18.2 Å². The normalized spacial score (nSPS) is 9.10. The molecule has 0 spiro atoms. The number of para-hydroxylation sites is 2. The summed E-state index contributed by atoms with van der Waals surface area (Å²) in [4.78, 5) is 23.1. The summed E-state index contributed by atoms with van der Waals surface area (Å²) in [5.41, 5.74) is 0.0622. The maximum Gasteiger partial charge on any atom is 0.292 e. The number of carbonyl (C=O) groups excluding carboxylic acids is 1. The Morgan fingerprint density at radius 3 is 2.45 bits per heavy atom. The van der Waals surface area contributed by atoms with Crippen LogP contribution in [0.3, 0.4) is 0 Å². The fourth-order valence-corrected chi connectivity index (χ4v) is 1.47. The first kappa shape index (κ1) is 14.9. The zero-order valence-corrected chi connectivity index (χ0v) is 10.4. The van der Waals surface area contributed by atoms with Gasteiger partial charge in [0.05, 0.1) is 23.6 Å². The Balaban J connectivity index is 2.72. The molecule has 0 saturated heterocycles. The van der Waals surface area contributed by atoms with Gasteiger partial charge in [-0.3, -0.25) is 14.9 Å². The van der Waals surface area contributed by atoms with Crippen LogP contribution >= 0.6 is 0 Å². The van der Waals surface area contributed by atoms with Gasteiger partial charge in [-0.1, -0.05) is 12.1 Å². The highest BCUT2D eigenvalue weighted by Crippen LogP contribution is 2.22. The monoisotopic (exact) mass is 273 g/mol. The molecular weight excluding hydrogens is 262 g/mol. The number of anilines is 1.